The Labute approximate surface area is 140 Å². The van der Waals surface area contributed by atoms with E-state index in [4.69, 9.17) is 14.6 Å². The van der Waals surface area contributed by atoms with Crippen LogP contribution in [0, 0.1) is 0 Å². The van der Waals surface area contributed by atoms with Gasteiger partial charge in [0.15, 0.2) is 11.9 Å². The Hall–Kier alpha value is -3.08. The Balaban J connectivity index is 2.01. The highest BCUT2D eigenvalue weighted by Gasteiger charge is 2.12. The monoisotopic (exact) mass is 326 g/mol. The van der Waals surface area contributed by atoms with E-state index in [0.29, 0.717) is 11.3 Å². The van der Waals surface area contributed by atoms with Crippen molar-refractivity contribution in [3.8, 4) is 11.5 Å². The third-order valence-corrected chi connectivity index (χ3v) is 3.34. The van der Waals surface area contributed by atoms with Crippen LogP contribution in [-0.4, -0.2) is 30.1 Å². The summed E-state index contributed by atoms with van der Waals surface area (Å²) in [4.78, 5) is 22.9. The molecule has 0 aliphatic rings. The van der Waals surface area contributed by atoms with Crippen molar-refractivity contribution < 1.29 is 24.2 Å². The van der Waals surface area contributed by atoms with E-state index in [0.717, 1.165) is 11.3 Å². The van der Waals surface area contributed by atoms with Gasteiger partial charge in [-0.3, -0.25) is 4.79 Å². The molecule has 1 N–H and O–H groups in total. The summed E-state index contributed by atoms with van der Waals surface area (Å²) in [7, 11) is 1.60. The van der Waals surface area contributed by atoms with Crippen LogP contribution in [0.2, 0.25) is 0 Å². The van der Waals surface area contributed by atoms with E-state index < -0.39 is 12.1 Å². The molecule has 0 radical (unpaired) electrons. The average Bonchev–Trinajstić information content (AvgIpc) is 2.60. The summed E-state index contributed by atoms with van der Waals surface area (Å²) in [5.41, 5.74) is 1.38. The molecule has 0 spiro atoms. The van der Waals surface area contributed by atoms with Crippen LogP contribution in [0.3, 0.4) is 0 Å². The molecule has 0 saturated heterocycles. The first-order valence-electron chi connectivity index (χ1n) is 7.35. The second-order valence-electron chi connectivity index (χ2n) is 5.09. The van der Waals surface area contributed by atoms with Crippen molar-refractivity contribution in [2.45, 2.75) is 13.0 Å². The minimum Gasteiger partial charge on any atom is -0.497 e. The fourth-order valence-electron chi connectivity index (χ4n) is 1.94. The number of carbonyl (C=O) groups excluding carboxylic acids is 1. The van der Waals surface area contributed by atoms with Gasteiger partial charge in [0, 0.05) is 5.56 Å². The average molecular weight is 326 g/mol. The van der Waals surface area contributed by atoms with Gasteiger partial charge >= 0.3 is 5.97 Å². The first-order chi connectivity index (χ1) is 11.5. The number of carboxylic acids is 1. The van der Waals surface area contributed by atoms with Crippen LogP contribution in [0.15, 0.2) is 54.6 Å². The number of benzene rings is 2. The number of ketones is 1. The zero-order valence-electron chi connectivity index (χ0n) is 13.4. The molecule has 0 unspecified atom stereocenters. The molecule has 2 aromatic rings. The summed E-state index contributed by atoms with van der Waals surface area (Å²) >= 11 is 0. The normalized spacial score (nSPS) is 11.9. The third-order valence-electron chi connectivity index (χ3n) is 3.34. The number of carboxylic acid groups (broad SMARTS) is 1. The summed E-state index contributed by atoms with van der Waals surface area (Å²) < 4.78 is 10.3. The van der Waals surface area contributed by atoms with Crippen molar-refractivity contribution in [3.05, 3.63) is 65.7 Å². The van der Waals surface area contributed by atoms with Gasteiger partial charge in [0.05, 0.1) is 7.11 Å². The van der Waals surface area contributed by atoms with E-state index in [1.54, 1.807) is 37.5 Å². The van der Waals surface area contributed by atoms with E-state index in [2.05, 4.69) is 0 Å². The van der Waals surface area contributed by atoms with Crippen LogP contribution < -0.4 is 9.47 Å². The number of hydrogen-bond acceptors (Lipinski definition) is 4. The fourth-order valence-corrected chi connectivity index (χ4v) is 1.94. The van der Waals surface area contributed by atoms with Crippen molar-refractivity contribution in [1.29, 1.82) is 0 Å². The highest BCUT2D eigenvalue weighted by atomic mass is 16.5. The Kier molecular flexibility index (Phi) is 5.73. The van der Waals surface area contributed by atoms with Gasteiger partial charge in [0.1, 0.15) is 11.5 Å². The standard InChI is InChI=1S/C19H18O5/c1-13(19(21)22)24-17-10-6-15(7-11-17)18(20)12-5-14-3-8-16(23-2)9-4-14/h3-13H,1-2H3,(H,21,22)/b12-5+/t13-/m1/s1. The highest BCUT2D eigenvalue weighted by molar-refractivity contribution is 6.06. The lowest BCUT2D eigenvalue weighted by Gasteiger charge is -2.10. The number of ether oxygens (including phenoxy) is 2. The molecule has 0 amide bonds. The van der Waals surface area contributed by atoms with E-state index >= 15 is 0 Å². The molecule has 0 fully saturated rings. The van der Waals surface area contributed by atoms with Gasteiger partial charge in [-0.1, -0.05) is 18.2 Å². The number of aliphatic carboxylic acids is 1. The zero-order chi connectivity index (χ0) is 17.5. The zero-order valence-corrected chi connectivity index (χ0v) is 13.4. The fraction of sp³-hybridized carbons (Fsp3) is 0.158. The number of allylic oxidation sites excluding steroid dienone is 1. The minimum absolute atomic E-state index is 0.149. The number of rotatable bonds is 7. The van der Waals surface area contributed by atoms with Gasteiger partial charge in [-0.25, -0.2) is 4.79 Å². The maximum absolute atomic E-state index is 12.1. The molecule has 5 heteroatoms. The number of carbonyl (C=O) groups is 2. The van der Waals surface area contributed by atoms with Gasteiger partial charge < -0.3 is 14.6 Å². The van der Waals surface area contributed by atoms with Crippen LogP contribution >= 0.6 is 0 Å². The Morgan fingerprint density at radius 1 is 1.00 bits per heavy atom. The molecule has 0 aromatic heterocycles. The van der Waals surface area contributed by atoms with Crippen LogP contribution in [0.4, 0.5) is 0 Å². The predicted octanol–water partition coefficient (Wildman–Crippen LogP) is 3.44. The molecule has 0 heterocycles. The highest BCUT2D eigenvalue weighted by Crippen LogP contribution is 2.16. The van der Waals surface area contributed by atoms with Crippen LogP contribution in [0.1, 0.15) is 22.8 Å². The molecule has 124 valence electrons. The van der Waals surface area contributed by atoms with Gasteiger partial charge in [-0.05, 0) is 55.0 Å². The van der Waals surface area contributed by atoms with Gasteiger partial charge in [0.25, 0.3) is 0 Å². The summed E-state index contributed by atoms with van der Waals surface area (Å²) in [6.07, 6.45) is 2.26. The second-order valence-corrected chi connectivity index (χ2v) is 5.09. The summed E-state index contributed by atoms with van der Waals surface area (Å²) in [6, 6.07) is 13.7. The van der Waals surface area contributed by atoms with Crippen molar-refractivity contribution in [1.82, 2.24) is 0 Å². The SMILES string of the molecule is COc1ccc(/C=C/C(=O)c2ccc(O[C@H](C)C(=O)O)cc2)cc1. The van der Waals surface area contributed by atoms with Crippen LogP contribution in [0.25, 0.3) is 6.08 Å². The first kappa shape index (κ1) is 17.3. The van der Waals surface area contributed by atoms with E-state index in [1.165, 1.54) is 13.0 Å². The molecule has 5 nitrogen and oxygen atoms in total. The second kappa shape index (κ2) is 7.97. The molecule has 0 bridgehead atoms. The van der Waals surface area contributed by atoms with Crippen LogP contribution in [-0.2, 0) is 4.79 Å². The predicted molar refractivity (Wildman–Crippen MR) is 90.5 cm³/mol. The molecule has 24 heavy (non-hydrogen) atoms. The van der Waals surface area contributed by atoms with Crippen molar-refractivity contribution in [2.75, 3.05) is 7.11 Å². The lowest BCUT2D eigenvalue weighted by atomic mass is 10.1. The van der Waals surface area contributed by atoms with E-state index in [9.17, 15) is 9.59 Å². The largest absolute Gasteiger partial charge is 0.497 e. The number of methoxy groups -OCH3 is 1. The van der Waals surface area contributed by atoms with Gasteiger partial charge in [-0.15, -0.1) is 0 Å². The lowest BCUT2D eigenvalue weighted by Crippen LogP contribution is -2.22. The molecule has 0 aliphatic carbocycles. The summed E-state index contributed by atoms with van der Waals surface area (Å²) in [6.45, 7) is 1.44. The maximum atomic E-state index is 12.1. The van der Waals surface area contributed by atoms with E-state index in [-0.39, 0.29) is 5.78 Å². The first-order valence-corrected chi connectivity index (χ1v) is 7.35. The Morgan fingerprint density at radius 2 is 1.58 bits per heavy atom. The third kappa shape index (κ3) is 4.71. The Bertz CT molecular complexity index is 729. The molecule has 0 aliphatic heterocycles. The van der Waals surface area contributed by atoms with Gasteiger partial charge in [-0.2, -0.15) is 0 Å². The molecule has 0 saturated carbocycles. The van der Waals surface area contributed by atoms with E-state index in [1.807, 2.05) is 24.3 Å². The Morgan fingerprint density at radius 3 is 2.12 bits per heavy atom. The minimum atomic E-state index is -1.04. The van der Waals surface area contributed by atoms with Crippen molar-refractivity contribution in [2.24, 2.45) is 0 Å². The maximum Gasteiger partial charge on any atom is 0.344 e. The van der Waals surface area contributed by atoms with Crippen molar-refractivity contribution in [3.63, 3.8) is 0 Å². The van der Waals surface area contributed by atoms with Gasteiger partial charge in [0.2, 0.25) is 0 Å². The van der Waals surface area contributed by atoms with Crippen LogP contribution in [0.5, 0.6) is 11.5 Å². The summed E-state index contributed by atoms with van der Waals surface area (Å²) in [5.74, 6) is -0.0357. The molecule has 2 aromatic carbocycles. The van der Waals surface area contributed by atoms with Crippen molar-refractivity contribution >= 4 is 17.8 Å². The molecular formula is C19H18O5. The molecule has 1 atom stereocenters. The topological polar surface area (TPSA) is 72.8 Å². The molecule has 2 rings (SSSR count). The summed E-state index contributed by atoms with van der Waals surface area (Å²) in [5, 5.41) is 8.80. The quantitative estimate of drug-likeness (QED) is 0.623. The smallest absolute Gasteiger partial charge is 0.344 e. The number of hydrogen-bond donors (Lipinski definition) is 1. The lowest BCUT2D eigenvalue weighted by molar-refractivity contribution is -0.144. The molecular weight excluding hydrogens is 308 g/mol.